The Balaban J connectivity index is 2.19. The lowest BCUT2D eigenvalue weighted by Crippen LogP contribution is -2.13. The number of aromatic nitrogens is 3. The summed E-state index contributed by atoms with van der Waals surface area (Å²) in [4.78, 5) is 8.75. The predicted octanol–water partition coefficient (Wildman–Crippen LogP) is 3.67. The number of nitrogen functional groups attached to an aromatic ring is 1. The van der Waals surface area contributed by atoms with E-state index in [1.807, 2.05) is 22.8 Å². The third kappa shape index (κ3) is 2.12. The molecular weight excluding hydrogens is 272 g/mol. The molecule has 102 valence electrons. The maximum absolute atomic E-state index is 6.09. The minimum atomic E-state index is 0.120. The van der Waals surface area contributed by atoms with Crippen molar-refractivity contribution in [3.63, 3.8) is 0 Å². The summed E-state index contributed by atoms with van der Waals surface area (Å²) in [6.45, 7) is 2.12. The van der Waals surface area contributed by atoms with Crippen LogP contribution in [0.15, 0.2) is 42.6 Å². The summed E-state index contributed by atoms with van der Waals surface area (Å²) in [6, 6.07) is 12.1. The fourth-order valence-corrected chi connectivity index (χ4v) is 2.68. The summed E-state index contributed by atoms with van der Waals surface area (Å²) in [5.74, 6) is 0.463. The van der Waals surface area contributed by atoms with Gasteiger partial charge < -0.3 is 5.73 Å². The van der Waals surface area contributed by atoms with Gasteiger partial charge in [-0.1, -0.05) is 48.9 Å². The van der Waals surface area contributed by atoms with Gasteiger partial charge in [0.2, 0.25) is 5.95 Å². The SMILES string of the molecule is CCC(c1ccccc1)n1c(N)nc2cc(Cl)cnc21. The highest BCUT2D eigenvalue weighted by Crippen LogP contribution is 2.29. The Morgan fingerprint density at radius 3 is 2.75 bits per heavy atom. The molecule has 0 spiro atoms. The molecule has 1 unspecified atom stereocenters. The van der Waals surface area contributed by atoms with E-state index in [0.717, 1.165) is 17.6 Å². The molecule has 1 atom stereocenters. The first-order chi connectivity index (χ1) is 9.70. The third-order valence-electron chi connectivity index (χ3n) is 3.41. The number of benzene rings is 1. The number of imidazole rings is 1. The molecule has 0 aliphatic rings. The molecule has 0 amide bonds. The zero-order chi connectivity index (χ0) is 14.1. The van der Waals surface area contributed by atoms with Gasteiger partial charge in [-0.15, -0.1) is 0 Å². The molecule has 2 heterocycles. The highest BCUT2D eigenvalue weighted by atomic mass is 35.5. The highest BCUT2D eigenvalue weighted by molar-refractivity contribution is 6.31. The lowest BCUT2D eigenvalue weighted by molar-refractivity contribution is 0.585. The van der Waals surface area contributed by atoms with Crippen molar-refractivity contribution < 1.29 is 0 Å². The Bertz CT molecular complexity index is 736. The Labute approximate surface area is 122 Å². The summed E-state index contributed by atoms with van der Waals surface area (Å²) < 4.78 is 1.97. The van der Waals surface area contributed by atoms with E-state index in [2.05, 4.69) is 29.0 Å². The lowest BCUT2D eigenvalue weighted by Gasteiger charge is -2.19. The number of hydrogen-bond donors (Lipinski definition) is 1. The highest BCUT2D eigenvalue weighted by Gasteiger charge is 2.19. The van der Waals surface area contributed by atoms with E-state index in [1.54, 1.807) is 12.3 Å². The van der Waals surface area contributed by atoms with Gasteiger partial charge in [-0.3, -0.25) is 4.57 Å². The number of anilines is 1. The monoisotopic (exact) mass is 286 g/mol. The quantitative estimate of drug-likeness (QED) is 0.799. The Hall–Kier alpha value is -2.07. The number of pyridine rings is 1. The molecule has 0 bridgehead atoms. The molecule has 1 aromatic carbocycles. The van der Waals surface area contributed by atoms with Crippen molar-refractivity contribution in [2.45, 2.75) is 19.4 Å². The number of nitrogens with zero attached hydrogens (tertiary/aromatic N) is 3. The van der Waals surface area contributed by atoms with Crippen LogP contribution in [0.3, 0.4) is 0 Å². The van der Waals surface area contributed by atoms with Crippen LogP contribution in [-0.4, -0.2) is 14.5 Å². The van der Waals surface area contributed by atoms with Gasteiger partial charge >= 0.3 is 0 Å². The van der Waals surface area contributed by atoms with Gasteiger partial charge in [-0.25, -0.2) is 9.97 Å². The Kier molecular flexibility index (Phi) is 3.32. The number of fused-ring (bicyclic) bond motifs is 1. The lowest BCUT2D eigenvalue weighted by atomic mass is 10.0. The van der Waals surface area contributed by atoms with Crippen LogP contribution in [0.1, 0.15) is 24.9 Å². The van der Waals surface area contributed by atoms with Crippen LogP contribution in [-0.2, 0) is 0 Å². The fraction of sp³-hybridized carbons (Fsp3) is 0.200. The van der Waals surface area contributed by atoms with Gasteiger partial charge in [0.05, 0.1) is 11.1 Å². The molecule has 4 nitrogen and oxygen atoms in total. The molecular formula is C15H15ClN4. The molecule has 0 aliphatic heterocycles. The van der Waals surface area contributed by atoms with Crippen LogP contribution >= 0.6 is 11.6 Å². The second-order valence-corrected chi connectivity index (χ2v) is 5.11. The molecule has 3 rings (SSSR count). The molecule has 0 fully saturated rings. The van der Waals surface area contributed by atoms with Crippen molar-refractivity contribution in [1.82, 2.24) is 14.5 Å². The molecule has 0 radical (unpaired) electrons. The summed E-state index contributed by atoms with van der Waals surface area (Å²) >= 11 is 5.96. The van der Waals surface area contributed by atoms with Gasteiger partial charge in [-0.05, 0) is 18.1 Å². The first-order valence-electron chi connectivity index (χ1n) is 6.54. The van der Waals surface area contributed by atoms with Gasteiger partial charge in [0.25, 0.3) is 0 Å². The second-order valence-electron chi connectivity index (χ2n) is 4.67. The zero-order valence-corrected chi connectivity index (χ0v) is 11.9. The average Bonchev–Trinajstić information content (AvgIpc) is 2.77. The summed E-state index contributed by atoms with van der Waals surface area (Å²) in [6.07, 6.45) is 2.53. The molecule has 0 aliphatic carbocycles. The summed E-state index contributed by atoms with van der Waals surface area (Å²) in [5, 5.41) is 0.565. The van der Waals surface area contributed by atoms with Crippen molar-refractivity contribution >= 4 is 28.7 Å². The first-order valence-corrected chi connectivity index (χ1v) is 6.92. The van der Waals surface area contributed by atoms with E-state index >= 15 is 0 Å². The van der Waals surface area contributed by atoms with Crippen LogP contribution in [0.2, 0.25) is 5.02 Å². The van der Waals surface area contributed by atoms with Crippen LogP contribution in [0.5, 0.6) is 0 Å². The maximum Gasteiger partial charge on any atom is 0.203 e. The van der Waals surface area contributed by atoms with Crippen LogP contribution in [0, 0.1) is 0 Å². The number of nitrogens with two attached hydrogens (primary N) is 1. The Morgan fingerprint density at radius 1 is 1.30 bits per heavy atom. The number of hydrogen-bond acceptors (Lipinski definition) is 3. The van der Waals surface area contributed by atoms with Crippen molar-refractivity contribution in [3.05, 3.63) is 53.2 Å². The Morgan fingerprint density at radius 2 is 2.05 bits per heavy atom. The predicted molar refractivity (Wildman–Crippen MR) is 81.8 cm³/mol. The second kappa shape index (κ2) is 5.13. The standard InChI is InChI=1S/C15H15ClN4/c1-2-13(10-6-4-3-5-7-10)20-14-12(19-15(20)17)8-11(16)9-18-14/h3-9,13H,2H2,1H3,(H2,17,19). The minimum absolute atomic E-state index is 0.120. The van der Waals surface area contributed by atoms with Crippen LogP contribution in [0.4, 0.5) is 5.95 Å². The average molecular weight is 287 g/mol. The fourth-order valence-electron chi connectivity index (χ4n) is 2.52. The molecule has 0 saturated carbocycles. The third-order valence-corrected chi connectivity index (χ3v) is 3.61. The summed E-state index contributed by atoms with van der Waals surface area (Å²) in [5.41, 5.74) is 8.77. The van der Waals surface area contributed by atoms with Gasteiger partial charge in [-0.2, -0.15) is 0 Å². The van der Waals surface area contributed by atoms with Crippen molar-refractivity contribution in [2.75, 3.05) is 5.73 Å². The van der Waals surface area contributed by atoms with Crippen molar-refractivity contribution in [2.24, 2.45) is 0 Å². The molecule has 3 aromatic rings. The maximum atomic E-state index is 6.09. The van der Waals surface area contributed by atoms with E-state index in [9.17, 15) is 0 Å². The number of halogens is 1. The topological polar surface area (TPSA) is 56.7 Å². The molecule has 0 saturated heterocycles. The van der Waals surface area contributed by atoms with Gasteiger partial charge in [0, 0.05) is 6.20 Å². The van der Waals surface area contributed by atoms with Gasteiger partial charge in [0.15, 0.2) is 5.65 Å². The smallest absolute Gasteiger partial charge is 0.203 e. The molecule has 20 heavy (non-hydrogen) atoms. The molecule has 5 heteroatoms. The van der Waals surface area contributed by atoms with Gasteiger partial charge in [0.1, 0.15) is 5.52 Å². The zero-order valence-electron chi connectivity index (χ0n) is 11.1. The molecule has 2 aromatic heterocycles. The number of rotatable bonds is 3. The van der Waals surface area contributed by atoms with Crippen LogP contribution < -0.4 is 5.73 Å². The summed E-state index contributed by atoms with van der Waals surface area (Å²) in [7, 11) is 0. The van der Waals surface area contributed by atoms with Crippen LogP contribution in [0.25, 0.3) is 11.2 Å². The van der Waals surface area contributed by atoms with E-state index in [-0.39, 0.29) is 6.04 Å². The normalized spacial score (nSPS) is 12.7. The van der Waals surface area contributed by atoms with E-state index in [0.29, 0.717) is 11.0 Å². The largest absolute Gasteiger partial charge is 0.369 e. The first kappa shape index (κ1) is 12.9. The van der Waals surface area contributed by atoms with E-state index < -0.39 is 0 Å². The van der Waals surface area contributed by atoms with Crippen molar-refractivity contribution in [1.29, 1.82) is 0 Å². The van der Waals surface area contributed by atoms with E-state index in [1.165, 1.54) is 5.56 Å². The minimum Gasteiger partial charge on any atom is -0.369 e. The molecule has 2 N–H and O–H groups in total. The van der Waals surface area contributed by atoms with Crippen molar-refractivity contribution in [3.8, 4) is 0 Å². The van der Waals surface area contributed by atoms with E-state index in [4.69, 9.17) is 17.3 Å².